The van der Waals surface area contributed by atoms with Gasteiger partial charge in [-0.05, 0) is 17.6 Å². The van der Waals surface area contributed by atoms with E-state index in [1.807, 2.05) is 0 Å². The van der Waals surface area contributed by atoms with Crippen molar-refractivity contribution < 1.29 is 22.2 Å². The first-order chi connectivity index (χ1) is 9.48. The van der Waals surface area contributed by atoms with Crippen LogP contribution < -0.4 is 0 Å². The number of carbonyl (C=O) groups is 1. The fraction of sp³-hybridized carbons (Fsp3) is 0.250. The van der Waals surface area contributed by atoms with Crippen LogP contribution in [0.2, 0.25) is 0 Å². The van der Waals surface area contributed by atoms with E-state index in [0.29, 0.717) is 5.56 Å². The third-order valence-corrected chi connectivity index (χ3v) is 2.99. The lowest BCUT2D eigenvalue weighted by molar-refractivity contribution is -0.135. The molecule has 106 valence electrons. The van der Waals surface area contributed by atoms with Crippen LogP contribution in [0.3, 0.4) is 0 Å². The maximum absolute atomic E-state index is 11.6. The van der Waals surface area contributed by atoms with Gasteiger partial charge >= 0.3 is 16.1 Å². The van der Waals surface area contributed by atoms with Gasteiger partial charge in [0.2, 0.25) is 0 Å². The number of nitriles is 1. The molecule has 0 unspecified atom stereocenters. The molecule has 0 N–H and O–H groups in total. The molecule has 1 aromatic rings. The molecule has 0 heterocycles. The molecule has 0 radical (unpaired) electrons. The molecule has 0 aliphatic carbocycles. The molecule has 1 aromatic carbocycles. The first kappa shape index (κ1) is 15.7. The number of ether oxygens (including phenoxy) is 1. The van der Waals surface area contributed by atoms with Crippen molar-refractivity contribution in [2.45, 2.75) is 12.7 Å². The summed E-state index contributed by atoms with van der Waals surface area (Å²) in [5.74, 6) is -1.45. The van der Waals surface area contributed by atoms with E-state index < -0.39 is 27.6 Å². The number of benzene rings is 1. The third-order valence-electron chi connectivity index (χ3n) is 2.00. The van der Waals surface area contributed by atoms with Crippen LogP contribution in [0.25, 0.3) is 0 Å². The van der Waals surface area contributed by atoms with Crippen molar-refractivity contribution in [3.05, 3.63) is 35.9 Å². The molecule has 20 heavy (non-hydrogen) atoms. The monoisotopic (exact) mass is 296 g/mol. The number of rotatable bonds is 6. The van der Waals surface area contributed by atoms with Crippen LogP contribution >= 0.6 is 0 Å². The molecule has 0 aliphatic heterocycles. The Bertz CT molecular complexity index is 632. The zero-order valence-electron chi connectivity index (χ0n) is 10.6. The minimum Gasteiger partial charge on any atom is -0.461 e. The Hall–Kier alpha value is -2.40. The summed E-state index contributed by atoms with van der Waals surface area (Å²) in [5.41, 5.74) is -0.263. The molecule has 7 nitrogen and oxygen atoms in total. The standard InChI is InChI=1S/C12H12N2O5S/c1-2-18-12(15)11(8-13)14-19-20(16,17)9-10-6-4-3-5-7-10/h3-7H,2,9H2,1H3/b14-11+. The normalized spacial score (nSPS) is 11.5. The minimum atomic E-state index is -4.03. The molecular formula is C12H12N2O5S. The van der Waals surface area contributed by atoms with Crippen LogP contribution in [0.1, 0.15) is 12.5 Å². The van der Waals surface area contributed by atoms with Crippen LogP contribution in [0.5, 0.6) is 0 Å². The number of esters is 1. The zero-order valence-corrected chi connectivity index (χ0v) is 11.5. The lowest BCUT2D eigenvalue weighted by atomic mass is 10.2. The summed E-state index contributed by atoms with van der Waals surface area (Å²) in [6, 6.07) is 9.69. The summed E-state index contributed by atoms with van der Waals surface area (Å²) in [4.78, 5) is 11.2. The summed E-state index contributed by atoms with van der Waals surface area (Å²) >= 11 is 0. The van der Waals surface area contributed by atoms with Crippen molar-refractivity contribution >= 4 is 21.8 Å². The van der Waals surface area contributed by atoms with E-state index in [1.165, 1.54) is 6.07 Å². The van der Waals surface area contributed by atoms with Crippen molar-refractivity contribution in [3.63, 3.8) is 0 Å². The minimum absolute atomic E-state index is 0.0380. The quantitative estimate of drug-likeness (QED) is 0.440. The van der Waals surface area contributed by atoms with Crippen LogP contribution in [0, 0.1) is 11.3 Å². The number of hydrogen-bond acceptors (Lipinski definition) is 7. The van der Waals surface area contributed by atoms with Gasteiger partial charge in [0.1, 0.15) is 11.8 Å². The predicted molar refractivity (Wildman–Crippen MR) is 69.8 cm³/mol. The lowest BCUT2D eigenvalue weighted by Gasteiger charge is -2.02. The van der Waals surface area contributed by atoms with Gasteiger partial charge in [-0.25, -0.2) is 4.79 Å². The Labute approximate surface area is 116 Å². The summed E-state index contributed by atoms with van der Waals surface area (Å²) < 4.78 is 32.0. The van der Waals surface area contributed by atoms with Gasteiger partial charge in [0.05, 0.1) is 6.61 Å². The summed E-state index contributed by atoms with van der Waals surface area (Å²) in [6.07, 6.45) is 0. The molecule has 0 saturated carbocycles. The first-order valence-corrected chi connectivity index (χ1v) is 7.16. The second kappa shape index (κ2) is 7.25. The molecule has 0 saturated heterocycles. The smallest absolute Gasteiger partial charge is 0.371 e. The largest absolute Gasteiger partial charge is 0.461 e. The van der Waals surface area contributed by atoms with E-state index in [9.17, 15) is 13.2 Å². The average Bonchev–Trinajstić information content (AvgIpc) is 2.40. The second-order valence-corrected chi connectivity index (χ2v) is 5.09. The maximum Gasteiger partial charge on any atom is 0.371 e. The highest BCUT2D eigenvalue weighted by Gasteiger charge is 2.17. The van der Waals surface area contributed by atoms with Crippen LogP contribution in [0.4, 0.5) is 0 Å². The van der Waals surface area contributed by atoms with E-state index in [2.05, 4.69) is 14.2 Å². The predicted octanol–water partition coefficient (Wildman–Crippen LogP) is 0.976. The average molecular weight is 296 g/mol. The summed E-state index contributed by atoms with van der Waals surface area (Å²) in [5, 5.41) is 11.7. The number of hydrogen-bond donors (Lipinski definition) is 0. The first-order valence-electron chi connectivity index (χ1n) is 5.59. The van der Waals surface area contributed by atoms with Crippen LogP contribution in [0.15, 0.2) is 35.5 Å². The Morgan fingerprint density at radius 3 is 2.55 bits per heavy atom. The van der Waals surface area contributed by atoms with E-state index in [4.69, 9.17) is 5.26 Å². The van der Waals surface area contributed by atoms with E-state index in [0.717, 1.165) is 0 Å². The van der Waals surface area contributed by atoms with Gasteiger partial charge in [-0.3, -0.25) is 4.28 Å². The molecule has 0 fully saturated rings. The molecule has 0 spiro atoms. The van der Waals surface area contributed by atoms with Crippen LogP contribution in [-0.2, 0) is 29.7 Å². The highest BCUT2D eigenvalue weighted by molar-refractivity contribution is 7.85. The van der Waals surface area contributed by atoms with Crippen LogP contribution in [-0.4, -0.2) is 26.7 Å². The van der Waals surface area contributed by atoms with Gasteiger partial charge in [0.15, 0.2) is 0 Å². The van der Waals surface area contributed by atoms with E-state index >= 15 is 0 Å². The number of oxime groups is 1. The SMILES string of the molecule is CCOC(=O)/C(C#N)=N/OS(=O)(=O)Cc1ccccc1. The molecule has 0 bridgehead atoms. The van der Waals surface area contributed by atoms with Gasteiger partial charge < -0.3 is 4.74 Å². The molecule has 0 atom stereocenters. The number of nitrogens with zero attached hydrogens (tertiary/aromatic N) is 2. The second-order valence-electron chi connectivity index (χ2n) is 3.53. The van der Waals surface area contributed by atoms with Crippen molar-refractivity contribution in [3.8, 4) is 6.07 Å². The van der Waals surface area contributed by atoms with Gasteiger partial charge in [-0.1, -0.05) is 30.3 Å². The summed E-state index contributed by atoms with van der Waals surface area (Å²) in [7, 11) is -4.03. The Balaban J connectivity index is 2.76. The molecule has 0 aliphatic rings. The van der Waals surface area contributed by atoms with Crippen molar-refractivity contribution in [2.24, 2.45) is 5.16 Å². The van der Waals surface area contributed by atoms with E-state index in [1.54, 1.807) is 37.3 Å². The van der Waals surface area contributed by atoms with Crippen molar-refractivity contribution in [1.29, 1.82) is 5.26 Å². The lowest BCUT2D eigenvalue weighted by Crippen LogP contribution is -2.17. The highest BCUT2D eigenvalue weighted by atomic mass is 32.2. The Morgan fingerprint density at radius 2 is 2.00 bits per heavy atom. The maximum atomic E-state index is 11.6. The van der Waals surface area contributed by atoms with E-state index in [-0.39, 0.29) is 6.61 Å². The Morgan fingerprint density at radius 1 is 1.35 bits per heavy atom. The third kappa shape index (κ3) is 5.07. The fourth-order valence-corrected chi connectivity index (χ4v) is 2.04. The highest BCUT2D eigenvalue weighted by Crippen LogP contribution is 2.07. The molecular weight excluding hydrogens is 284 g/mol. The molecule has 1 rings (SSSR count). The fourth-order valence-electron chi connectivity index (χ4n) is 1.20. The van der Waals surface area contributed by atoms with Gasteiger partial charge in [0.25, 0.3) is 5.71 Å². The van der Waals surface area contributed by atoms with Gasteiger partial charge in [-0.15, -0.1) is 0 Å². The van der Waals surface area contributed by atoms with Crippen molar-refractivity contribution in [2.75, 3.05) is 6.61 Å². The summed E-state index contributed by atoms with van der Waals surface area (Å²) in [6.45, 7) is 1.58. The zero-order chi connectivity index (χ0) is 15.0. The number of carbonyl (C=O) groups excluding carboxylic acids is 1. The topological polar surface area (TPSA) is 106 Å². The Kier molecular flexibility index (Phi) is 5.68. The molecule has 8 heteroatoms. The van der Waals surface area contributed by atoms with Gasteiger partial charge in [0, 0.05) is 0 Å². The van der Waals surface area contributed by atoms with Crippen molar-refractivity contribution in [1.82, 2.24) is 0 Å². The molecule has 0 amide bonds. The van der Waals surface area contributed by atoms with Gasteiger partial charge in [-0.2, -0.15) is 13.7 Å². The molecule has 0 aromatic heterocycles.